The minimum absolute atomic E-state index is 0.0410. The quantitative estimate of drug-likeness (QED) is 0.715. The summed E-state index contributed by atoms with van der Waals surface area (Å²) in [7, 11) is 2.13. The van der Waals surface area contributed by atoms with Crippen LogP contribution in [-0.4, -0.2) is 41.6 Å². The molecular formula is C15H28N4O. The van der Waals surface area contributed by atoms with Crippen LogP contribution in [0, 0.1) is 0 Å². The summed E-state index contributed by atoms with van der Waals surface area (Å²) in [5, 5.41) is 2.96. The molecule has 1 aromatic rings. The van der Waals surface area contributed by atoms with Crippen LogP contribution < -0.4 is 11.1 Å². The SMILES string of the molecule is CCn1cc(N)cc1C(=O)NCCCCN(C)C(C)C. The molecule has 0 atom stereocenters. The molecule has 0 aliphatic rings. The van der Waals surface area contributed by atoms with Gasteiger partial charge < -0.3 is 20.5 Å². The molecule has 1 heterocycles. The average Bonchev–Trinajstić information content (AvgIpc) is 2.79. The molecule has 5 nitrogen and oxygen atoms in total. The number of nitrogens with one attached hydrogen (secondary N) is 1. The monoisotopic (exact) mass is 280 g/mol. The molecule has 0 saturated heterocycles. The van der Waals surface area contributed by atoms with E-state index in [9.17, 15) is 4.79 Å². The average molecular weight is 280 g/mol. The molecule has 1 amide bonds. The Bertz CT molecular complexity index is 426. The van der Waals surface area contributed by atoms with Crippen molar-refractivity contribution < 1.29 is 4.79 Å². The van der Waals surface area contributed by atoms with Crippen molar-refractivity contribution in [2.45, 2.75) is 46.2 Å². The predicted molar refractivity (Wildman–Crippen MR) is 83.9 cm³/mol. The Morgan fingerprint density at radius 1 is 1.45 bits per heavy atom. The summed E-state index contributed by atoms with van der Waals surface area (Å²) in [5.41, 5.74) is 7.00. The van der Waals surface area contributed by atoms with Crippen LogP contribution >= 0.6 is 0 Å². The van der Waals surface area contributed by atoms with Crippen LogP contribution in [0.4, 0.5) is 5.69 Å². The summed E-state index contributed by atoms with van der Waals surface area (Å²) in [5.74, 6) is -0.0410. The molecule has 20 heavy (non-hydrogen) atoms. The largest absolute Gasteiger partial charge is 0.397 e. The number of amides is 1. The second-order valence-corrected chi connectivity index (χ2v) is 5.48. The zero-order valence-electron chi connectivity index (χ0n) is 13.1. The van der Waals surface area contributed by atoms with Gasteiger partial charge in [-0.3, -0.25) is 4.79 Å². The van der Waals surface area contributed by atoms with Crippen LogP contribution in [0.1, 0.15) is 44.1 Å². The van der Waals surface area contributed by atoms with Crippen molar-refractivity contribution in [2.24, 2.45) is 0 Å². The molecule has 0 radical (unpaired) electrons. The summed E-state index contributed by atoms with van der Waals surface area (Å²) in [6, 6.07) is 2.30. The number of rotatable bonds is 8. The number of hydrogen-bond donors (Lipinski definition) is 2. The first-order valence-corrected chi connectivity index (χ1v) is 7.39. The van der Waals surface area contributed by atoms with E-state index in [1.807, 2.05) is 11.5 Å². The lowest BCUT2D eigenvalue weighted by molar-refractivity contribution is 0.0943. The van der Waals surface area contributed by atoms with E-state index in [0.29, 0.717) is 24.0 Å². The number of carbonyl (C=O) groups excluding carboxylic acids is 1. The Balaban J connectivity index is 2.30. The van der Waals surface area contributed by atoms with Gasteiger partial charge in [-0.15, -0.1) is 0 Å². The van der Waals surface area contributed by atoms with Gasteiger partial charge in [-0.1, -0.05) is 0 Å². The van der Waals surface area contributed by atoms with Crippen molar-refractivity contribution >= 4 is 11.6 Å². The van der Waals surface area contributed by atoms with Crippen molar-refractivity contribution in [3.05, 3.63) is 18.0 Å². The van der Waals surface area contributed by atoms with E-state index in [-0.39, 0.29) is 5.91 Å². The van der Waals surface area contributed by atoms with Gasteiger partial charge in [0.2, 0.25) is 0 Å². The number of nitrogens with two attached hydrogens (primary N) is 1. The van der Waals surface area contributed by atoms with Gasteiger partial charge in [-0.25, -0.2) is 0 Å². The number of nitrogens with zero attached hydrogens (tertiary/aromatic N) is 2. The van der Waals surface area contributed by atoms with Crippen LogP contribution in [0.15, 0.2) is 12.3 Å². The van der Waals surface area contributed by atoms with Crippen LogP contribution in [0.5, 0.6) is 0 Å². The molecular weight excluding hydrogens is 252 g/mol. The molecule has 0 fully saturated rings. The minimum Gasteiger partial charge on any atom is -0.397 e. The van der Waals surface area contributed by atoms with Gasteiger partial charge >= 0.3 is 0 Å². The maximum Gasteiger partial charge on any atom is 0.267 e. The molecule has 0 spiro atoms. The molecule has 0 unspecified atom stereocenters. The standard InChI is InChI=1S/C15H28N4O/c1-5-19-11-13(16)10-14(19)15(20)17-8-6-7-9-18(4)12(2)3/h10-12H,5-9,16H2,1-4H3,(H,17,20). The summed E-state index contributed by atoms with van der Waals surface area (Å²) in [6.45, 7) is 8.89. The lowest BCUT2D eigenvalue weighted by atomic mass is 10.2. The number of nitrogen functional groups attached to an aromatic ring is 1. The fraction of sp³-hybridized carbons (Fsp3) is 0.667. The summed E-state index contributed by atoms with van der Waals surface area (Å²) in [4.78, 5) is 14.4. The molecule has 5 heteroatoms. The van der Waals surface area contributed by atoms with Crippen molar-refractivity contribution in [1.82, 2.24) is 14.8 Å². The number of carbonyl (C=O) groups is 1. The molecule has 0 aromatic carbocycles. The highest BCUT2D eigenvalue weighted by atomic mass is 16.1. The van der Waals surface area contributed by atoms with E-state index in [1.165, 1.54) is 0 Å². The lowest BCUT2D eigenvalue weighted by Gasteiger charge is -2.20. The van der Waals surface area contributed by atoms with E-state index in [0.717, 1.165) is 25.9 Å². The van der Waals surface area contributed by atoms with Gasteiger partial charge in [0.25, 0.3) is 5.91 Å². The predicted octanol–water partition coefficient (Wildman–Crippen LogP) is 1.94. The second-order valence-electron chi connectivity index (χ2n) is 5.48. The zero-order chi connectivity index (χ0) is 15.1. The number of anilines is 1. The maximum absolute atomic E-state index is 12.0. The molecule has 0 aliphatic carbocycles. The molecule has 0 bridgehead atoms. The molecule has 0 saturated carbocycles. The van der Waals surface area contributed by atoms with Crippen molar-refractivity contribution in [2.75, 3.05) is 25.9 Å². The van der Waals surface area contributed by atoms with E-state index in [1.54, 1.807) is 12.3 Å². The fourth-order valence-corrected chi connectivity index (χ4v) is 2.02. The smallest absolute Gasteiger partial charge is 0.267 e. The lowest BCUT2D eigenvalue weighted by Crippen LogP contribution is -2.29. The van der Waals surface area contributed by atoms with Crippen molar-refractivity contribution in [3.8, 4) is 0 Å². The Kier molecular flexibility index (Phi) is 6.58. The number of aryl methyl sites for hydroxylation is 1. The van der Waals surface area contributed by atoms with Gasteiger partial charge in [0.15, 0.2) is 0 Å². The van der Waals surface area contributed by atoms with Crippen LogP contribution in [0.25, 0.3) is 0 Å². The topological polar surface area (TPSA) is 63.3 Å². The van der Waals surface area contributed by atoms with Crippen LogP contribution in [0.3, 0.4) is 0 Å². The molecule has 0 aliphatic heterocycles. The highest BCUT2D eigenvalue weighted by molar-refractivity contribution is 5.93. The third kappa shape index (κ3) is 4.89. The number of unbranched alkanes of at least 4 members (excludes halogenated alkanes) is 1. The molecule has 1 aromatic heterocycles. The molecule has 114 valence electrons. The summed E-state index contributed by atoms with van der Waals surface area (Å²) in [6.07, 6.45) is 3.88. The van der Waals surface area contributed by atoms with Gasteiger partial charge in [0, 0.05) is 25.3 Å². The maximum atomic E-state index is 12.0. The molecule has 1 rings (SSSR count). The third-order valence-electron chi connectivity index (χ3n) is 3.60. The first-order valence-electron chi connectivity index (χ1n) is 7.39. The number of hydrogen-bond acceptors (Lipinski definition) is 3. The third-order valence-corrected chi connectivity index (χ3v) is 3.60. The number of aromatic nitrogens is 1. The Morgan fingerprint density at radius 3 is 2.75 bits per heavy atom. The second kappa shape index (κ2) is 7.94. The highest BCUT2D eigenvalue weighted by Gasteiger charge is 2.11. The Morgan fingerprint density at radius 2 is 2.15 bits per heavy atom. The summed E-state index contributed by atoms with van der Waals surface area (Å²) >= 11 is 0. The van der Waals surface area contributed by atoms with E-state index in [2.05, 4.69) is 31.1 Å². The van der Waals surface area contributed by atoms with E-state index < -0.39 is 0 Å². The van der Waals surface area contributed by atoms with E-state index in [4.69, 9.17) is 5.73 Å². The van der Waals surface area contributed by atoms with Gasteiger partial charge in [0.05, 0.1) is 5.69 Å². The zero-order valence-corrected chi connectivity index (χ0v) is 13.1. The fourth-order valence-electron chi connectivity index (χ4n) is 2.02. The Labute approximate surface area is 122 Å². The van der Waals surface area contributed by atoms with Gasteiger partial charge in [-0.05, 0) is 53.3 Å². The van der Waals surface area contributed by atoms with E-state index >= 15 is 0 Å². The van der Waals surface area contributed by atoms with Gasteiger partial charge in [0.1, 0.15) is 5.69 Å². The van der Waals surface area contributed by atoms with Crippen molar-refractivity contribution in [3.63, 3.8) is 0 Å². The van der Waals surface area contributed by atoms with Crippen LogP contribution in [0.2, 0.25) is 0 Å². The molecule has 3 N–H and O–H groups in total. The Hall–Kier alpha value is -1.49. The highest BCUT2D eigenvalue weighted by Crippen LogP contribution is 2.10. The van der Waals surface area contributed by atoms with Crippen molar-refractivity contribution in [1.29, 1.82) is 0 Å². The first-order chi connectivity index (χ1) is 9.45. The normalized spacial score (nSPS) is 11.3. The first kappa shape index (κ1) is 16.6. The minimum atomic E-state index is -0.0410. The van der Waals surface area contributed by atoms with Gasteiger partial charge in [-0.2, -0.15) is 0 Å². The van der Waals surface area contributed by atoms with Crippen LogP contribution in [-0.2, 0) is 6.54 Å². The summed E-state index contributed by atoms with van der Waals surface area (Å²) < 4.78 is 1.87.